The van der Waals surface area contributed by atoms with E-state index in [4.69, 9.17) is 9.47 Å². The SMILES string of the molecule is COc1ccc(C)cc1C(=O)OCC(=O)NC(=O)Nc1ccc(C)cc1C. The first-order valence-corrected chi connectivity index (χ1v) is 8.30. The van der Waals surface area contributed by atoms with Gasteiger partial charge >= 0.3 is 12.0 Å². The van der Waals surface area contributed by atoms with E-state index in [1.165, 1.54) is 7.11 Å². The Hall–Kier alpha value is -3.35. The lowest BCUT2D eigenvalue weighted by Crippen LogP contribution is -2.37. The predicted molar refractivity (Wildman–Crippen MR) is 101 cm³/mol. The number of hydrogen-bond donors (Lipinski definition) is 2. The maximum absolute atomic E-state index is 12.2. The Kier molecular flexibility index (Phi) is 6.54. The van der Waals surface area contributed by atoms with Gasteiger partial charge in [-0.15, -0.1) is 0 Å². The van der Waals surface area contributed by atoms with Gasteiger partial charge in [-0.1, -0.05) is 29.3 Å². The summed E-state index contributed by atoms with van der Waals surface area (Å²) in [4.78, 5) is 35.9. The van der Waals surface area contributed by atoms with E-state index in [0.29, 0.717) is 11.4 Å². The summed E-state index contributed by atoms with van der Waals surface area (Å²) < 4.78 is 10.1. The topological polar surface area (TPSA) is 93.7 Å². The van der Waals surface area contributed by atoms with Crippen molar-refractivity contribution in [2.75, 3.05) is 19.0 Å². The molecular formula is C20H22N2O5. The molecule has 0 heterocycles. The number of anilines is 1. The fourth-order valence-electron chi connectivity index (χ4n) is 2.46. The third-order valence-corrected chi connectivity index (χ3v) is 3.79. The molecule has 0 aromatic heterocycles. The number of carbonyl (C=O) groups is 3. The van der Waals surface area contributed by atoms with Gasteiger partial charge in [-0.05, 0) is 44.5 Å². The molecule has 2 rings (SSSR count). The molecule has 2 aromatic carbocycles. The number of rotatable bonds is 5. The summed E-state index contributed by atoms with van der Waals surface area (Å²) in [5, 5.41) is 4.70. The van der Waals surface area contributed by atoms with E-state index in [1.54, 1.807) is 24.3 Å². The number of imide groups is 1. The molecule has 0 unspecified atom stereocenters. The molecule has 0 radical (unpaired) electrons. The summed E-state index contributed by atoms with van der Waals surface area (Å²) in [7, 11) is 1.44. The molecule has 0 saturated carbocycles. The van der Waals surface area contributed by atoms with Gasteiger partial charge in [-0.3, -0.25) is 10.1 Å². The van der Waals surface area contributed by atoms with E-state index < -0.39 is 24.5 Å². The largest absolute Gasteiger partial charge is 0.496 e. The molecule has 27 heavy (non-hydrogen) atoms. The van der Waals surface area contributed by atoms with Crippen molar-refractivity contribution < 1.29 is 23.9 Å². The number of carbonyl (C=O) groups excluding carboxylic acids is 3. The molecule has 0 atom stereocenters. The molecule has 142 valence electrons. The minimum atomic E-state index is -0.739. The van der Waals surface area contributed by atoms with Gasteiger partial charge in [0.15, 0.2) is 6.61 Å². The van der Waals surface area contributed by atoms with Crippen molar-refractivity contribution in [2.45, 2.75) is 20.8 Å². The van der Waals surface area contributed by atoms with Crippen molar-refractivity contribution in [3.8, 4) is 5.75 Å². The molecule has 7 heteroatoms. The van der Waals surface area contributed by atoms with E-state index in [-0.39, 0.29) is 5.56 Å². The predicted octanol–water partition coefficient (Wildman–Crippen LogP) is 3.13. The first kappa shape index (κ1) is 20.0. The van der Waals surface area contributed by atoms with Crippen LogP contribution in [0.25, 0.3) is 0 Å². The Morgan fingerprint density at radius 1 is 0.963 bits per heavy atom. The van der Waals surface area contributed by atoms with Crippen LogP contribution >= 0.6 is 0 Å². The lowest BCUT2D eigenvalue weighted by atomic mass is 10.1. The Bertz CT molecular complexity index is 877. The number of methoxy groups -OCH3 is 1. The van der Waals surface area contributed by atoms with Crippen LogP contribution in [0.1, 0.15) is 27.0 Å². The molecule has 2 N–H and O–H groups in total. The summed E-state index contributed by atoms with van der Waals surface area (Å²) >= 11 is 0. The van der Waals surface area contributed by atoms with Crippen molar-refractivity contribution in [2.24, 2.45) is 0 Å². The van der Waals surface area contributed by atoms with Crippen LogP contribution in [-0.4, -0.2) is 31.6 Å². The number of urea groups is 1. The maximum atomic E-state index is 12.2. The number of hydrogen-bond acceptors (Lipinski definition) is 5. The normalized spacial score (nSPS) is 10.1. The summed E-state index contributed by atoms with van der Waals surface area (Å²) in [5.74, 6) is -1.10. The zero-order chi connectivity index (χ0) is 20.0. The minimum Gasteiger partial charge on any atom is -0.496 e. The molecule has 0 aliphatic carbocycles. The second-order valence-electron chi connectivity index (χ2n) is 6.10. The second kappa shape index (κ2) is 8.84. The molecular weight excluding hydrogens is 348 g/mol. The highest BCUT2D eigenvalue weighted by Gasteiger charge is 2.17. The molecule has 0 saturated heterocycles. The van der Waals surface area contributed by atoms with Crippen LogP contribution in [0.15, 0.2) is 36.4 Å². The van der Waals surface area contributed by atoms with Crippen LogP contribution < -0.4 is 15.4 Å². The number of esters is 1. The van der Waals surface area contributed by atoms with Gasteiger partial charge in [0, 0.05) is 5.69 Å². The molecule has 0 aliphatic rings. The maximum Gasteiger partial charge on any atom is 0.342 e. The van der Waals surface area contributed by atoms with E-state index in [1.807, 2.05) is 32.9 Å². The molecule has 7 nitrogen and oxygen atoms in total. The first-order chi connectivity index (χ1) is 12.8. The molecule has 0 bridgehead atoms. The summed E-state index contributed by atoms with van der Waals surface area (Å²) in [6.45, 7) is 5.02. The molecule has 0 spiro atoms. The van der Waals surface area contributed by atoms with Gasteiger partial charge in [-0.2, -0.15) is 0 Å². The summed E-state index contributed by atoms with van der Waals surface area (Å²) in [6, 6.07) is 9.85. The average molecular weight is 370 g/mol. The molecule has 0 fully saturated rings. The smallest absolute Gasteiger partial charge is 0.342 e. The third-order valence-electron chi connectivity index (χ3n) is 3.79. The summed E-state index contributed by atoms with van der Waals surface area (Å²) in [5.41, 5.74) is 3.58. The lowest BCUT2D eigenvalue weighted by Gasteiger charge is -2.11. The van der Waals surface area contributed by atoms with E-state index in [0.717, 1.165) is 16.7 Å². The zero-order valence-electron chi connectivity index (χ0n) is 15.7. The standard InChI is InChI=1S/C20H22N2O5/c1-12-5-7-16(14(3)9-12)21-20(25)22-18(23)11-27-19(24)15-10-13(2)6-8-17(15)26-4/h5-10H,11H2,1-4H3,(H2,21,22,23,25). The van der Waals surface area contributed by atoms with Gasteiger partial charge in [0.1, 0.15) is 11.3 Å². The van der Waals surface area contributed by atoms with Crippen molar-refractivity contribution in [3.63, 3.8) is 0 Å². The van der Waals surface area contributed by atoms with E-state index >= 15 is 0 Å². The zero-order valence-corrected chi connectivity index (χ0v) is 15.7. The van der Waals surface area contributed by atoms with Crippen molar-refractivity contribution in [3.05, 3.63) is 58.7 Å². The Morgan fingerprint density at radius 3 is 2.30 bits per heavy atom. The lowest BCUT2D eigenvalue weighted by molar-refractivity contribution is -0.123. The van der Waals surface area contributed by atoms with Crippen LogP contribution in [0.4, 0.5) is 10.5 Å². The third kappa shape index (κ3) is 5.57. The minimum absolute atomic E-state index is 0.213. The Balaban J connectivity index is 1.89. The van der Waals surface area contributed by atoms with Crippen LogP contribution in [0.2, 0.25) is 0 Å². The van der Waals surface area contributed by atoms with Crippen LogP contribution in [0, 0.1) is 20.8 Å². The molecule has 3 amide bonds. The van der Waals surface area contributed by atoms with Crippen LogP contribution in [-0.2, 0) is 9.53 Å². The molecule has 0 aliphatic heterocycles. The monoisotopic (exact) mass is 370 g/mol. The highest BCUT2D eigenvalue weighted by molar-refractivity contribution is 6.02. The number of aryl methyl sites for hydroxylation is 3. The van der Waals surface area contributed by atoms with Gasteiger partial charge in [0.05, 0.1) is 7.11 Å². The van der Waals surface area contributed by atoms with Gasteiger partial charge < -0.3 is 14.8 Å². The summed E-state index contributed by atoms with van der Waals surface area (Å²) in [6.07, 6.45) is 0. The van der Waals surface area contributed by atoms with Crippen molar-refractivity contribution >= 4 is 23.6 Å². The fraction of sp³-hybridized carbons (Fsp3) is 0.250. The fourth-order valence-corrected chi connectivity index (χ4v) is 2.46. The van der Waals surface area contributed by atoms with Crippen molar-refractivity contribution in [1.82, 2.24) is 5.32 Å². The number of amides is 3. The van der Waals surface area contributed by atoms with Gasteiger partial charge in [0.25, 0.3) is 5.91 Å². The number of ether oxygens (including phenoxy) is 2. The Morgan fingerprint density at radius 2 is 1.63 bits per heavy atom. The quantitative estimate of drug-likeness (QED) is 0.789. The highest BCUT2D eigenvalue weighted by atomic mass is 16.5. The van der Waals surface area contributed by atoms with Crippen LogP contribution in [0.3, 0.4) is 0 Å². The number of nitrogens with one attached hydrogen (secondary N) is 2. The average Bonchev–Trinajstić information content (AvgIpc) is 2.62. The highest BCUT2D eigenvalue weighted by Crippen LogP contribution is 2.20. The van der Waals surface area contributed by atoms with Gasteiger partial charge in [-0.25, -0.2) is 9.59 Å². The van der Waals surface area contributed by atoms with E-state index in [2.05, 4.69) is 10.6 Å². The van der Waals surface area contributed by atoms with Crippen LogP contribution in [0.5, 0.6) is 5.75 Å². The number of benzene rings is 2. The van der Waals surface area contributed by atoms with Gasteiger partial charge in [0.2, 0.25) is 0 Å². The molecule has 2 aromatic rings. The second-order valence-corrected chi connectivity index (χ2v) is 6.10. The first-order valence-electron chi connectivity index (χ1n) is 8.30. The Labute approximate surface area is 157 Å². The van der Waals surface area contributed by atoms with Crippen molar-refractivity contribution in [1.29, 1.82) is 0 Å². The van der Waals surface area contributed by atoms with E-state index in [9.17, 15) is 14.4 Å².